The first-order valence-corrected chi connectivity index (χ1v) is 8.79. The summed E-state index contributed by atoms with van der Waals surface area (Å²) in [6.07, 6.45) is 1.44. The molecule has 0 aliphatic rings. The molecule has 0 fully saturated rings. The average molecular weight is 371 g/mol. The fourth-order valence-electron chi connectivity index (χ4n) is 2.13. The topological polar surface area (TPSA) is 102 Å². The van der Waals surface area contributed by atoms with Gasteiger partial charge in [0.15, 0.2) is 16.7 Å². The lowest BCUT2D eigenvalue weighted by Crippen LogP contribution is -2.24. The zero-order valence-electron chi connectivity index (χ0n) is 14.0. The smallest absolute Gasteiger partial charge is 0.287 e. The first kappa shape index (κ1) is 17.7. The zero-order chi connectivity index (χ0) is 18.4. The summed E-state index contributed by atoms with van der Waals surface area (Å²) in [5, 5.41) is 14.2. The summed E-state index contributed by atoms with van der Waals surface area (Å²) < 4.78 is 6.77. The van der Waals surface area contributed by atoms with Crippen LogP contribution in [0.4, 0.5) is 5.69 Å². The molecule has 9 heteroatoms. The number of aromatic nitrogens is 3. The number of nitrogens with one attached hydrogen (secondary N) is 2. The van der Waals surface area contributed by atoms with E-state index in [0.717, 1.165) is 5.69 Å². The molecule has 134 valence electrons. The number of carbonyl (C=O) groups is 2. The molecule has 2 amide bonds. The predicted molar refractivity (Wildman–Crippen MR) is 96.7 cm³/mol. The molecule has 1 aromatic carbocycles. The second kappa shape index (κ2) is 8.34. The lowest BCUT2D eigenvalue weighted by molar-refractivity contribution is -0.113. The van der Waals surface area contributed by atoms with E-state index in [1.165, 1.54) is 18.0 Å². The molecule has 0 aliphatic carbocycles. The third-order valence-electron chi connectivity index (χ3n) is 3.47. The number of benzene rings is 1. The summed E-state index contributed by atoms with van der Waals surface area (Å²) in [6.45, 7) is 0.208. The third-order valence-corrected chi connectivity index (χ3v) is 4.49. The Bertz CT molecular complexity index is 877. The Kier molecular flexibility index (Phi) is 5.69. The molecule has 2 aromatic heterocycles. The SMILES string of the molecule is Cn1c(CNC(=O)c2ccco2)nnc1SCC(=O)Nc1ccccc1. The molecule has 0 atom stereocenters. The Hall–Kier alpha value is -3.07. The van der Waals surface area contributed by atoms with Crippen molar-refractivity contribution in [1.29, 1.82) is 0 Å². The molecule has 8 nitrogen and oxygen atoms in total. The molecular formula is C17H17N5O3S. The highest BCUT2D eigenvalue weighted by Gasteiger charge is 2.14. The van der Waals surface area contributed by atoms with Crippen molar-refractivity contribution in [3.63, 3.8) is 0 Å². The summed E-state index contributed by atoms with van der Waals surface area (Å²) >= 11 is 1.27. The minimum atomic E-state index is -0.325. The lowest BCUT2D eigenvalue weighted by Gasteiger charge is -2.06. The molecule has 0 aliphatic heterocycles. The fourth-order valence-corrected chi connectivity index (χ4v) is 2.86. The van der Waals surface area contributed by atoms with Gasteiger partial charge in [-0.05, 0) is 24.3 Å². The minimum absolute atomic E-state index is 0.128. The van der Waals surface area contributed by atoms with Crippen LogP contribution in [0.2, 0.25) is 0 Å². The van der Waals surface area contributed by atoms with E-state index in [1.54, 1.807) is 23.7 Å². The van der Waals surface area contributed by atoms with Crippen LogP contribution in [0.15, 0.2) is 58.3 Å². The van der Waals surface area contributed by atoms with Crippen molar-refractivity contribution in [3.8, 4) is 0 Å². The molecule has 2 N–H and O–H groups in total. The molecule has 26 heavy (non-hydrogen) atoms. The van der Waals surface area contributed by atoms with Crippen LogP contribution in [0.3, 0.4) is 0 Å². The van der Waals surface area contributed by atoms with Crippen molar-refractivity contribution in [1.82, 2.24) is 20.1 Å². The Morgan fingerprint density at radius 3 is 2.69 bits per heavy atom. The standard InChI is InChI=1S/C17H17N5O3S/c1-22-14(10-18-16(24)13-8-5-9-25-13)20-21-17(22)26-11-15(23)19-12-6-3-2-4-7-12/h2-9H,10-11H2,1H3,(H,18,24)(H,19,23). The molecule has 0 radical (unpaired) electrons. The molecule has 3 aromatic rings. The van der Waals surface area contributed by atoms with Crippen LogP contribution < -0.4 is 10.6 Å². The van der Waals surface area contributed by atoms with Crippen LogP contribution >= 0.6 is 11.8 Å². The van der Waals surface area contributed by atoms with Crippen LogP contribution in [-0.4, -0.2) is 32.3 Å². The van der Waals surface area contributed by atoms with E-state index in [1.807, 2.05) is 30.3 Å². The summed E-state index contributed by atoms with van der Waals surface area (Å²) in [5.74, 6) is 0.570. The summed E-state index contributed by atoms with van der Waals surface area (Å²) in [6, 6.07) is 12.5. The van der Waals surface area contributed by atoms with Crippen LogP contribution in [0.25, 0.3) is 0 Å². The van der Waals surface area contributed by atoms with Crippen molar-refractivity contribution >= 4 is 29.3 Å². The first-order valence-electron chi connectivity index (χ1n) is 7.81. The maximum atomic E-state index is 12.0. The second-order valence-corrected chi connectivity index (χ2v) is 6.26. The number of amides is 2. The highest BCUT2D eigenvalue weighted by Crippen LogP contribution is 2.16. The predicted octanol–water partition coefficient (Wildman–Crippen LogP) is 2.07. The Morgan fingerprint density at radius 1 is 1.15 bits per heavy atom. The molecule has 0 spiro atoms. The van der Waals surface area contributed by atoms with Crippen molar-refractivity contribution in [2.75, 3.05) is 11.1 Å². The highest BCUT2D eigenvalue weighted by atomic mass is 32.2. The summed E-state index contributed by atoms with van der Waals surface area (Å²) in [5.41, 5.74) is 0.748. The third kappa shape index (κ3) is 4.51. The van der Waals surface area contributed by atoms with Gasteiger partial charge in [0.2, 0.25) is 5.91 Å². The van der Waals surface area contributed by atoms with Gasteiger partial charge in [0.05, 0.1) is 18.6 Å². The van der Waals surface area contributed by atoms with Crippen molar-refractivity contribution in [3.05, 3.63) is 60.3 Å². The number of anilines is 1. The zero-order valence-corrected chi connectivity index (χ0v) is 14.8. The Balaban J connectivity index is 1.50. The van der Waals surface area contributed by atoms with Crippen LogP contribution in [0, 0.1) is 0 Å². The number of furan rings is 1. The second-order valence-electron chi connectivity index (χ2n) is 5.32. The van der Waals surface area contributed by atoms with Gasteiger partial charge in [-0.2, -0.15) is 0 Å². The lowest BCUT2D eigenvalue weighted by atomic mass is 10.3. The van der Waals surface area contributed by atoms with Gasteiger partial charge in [0.1, 0.15) is 0 Å². The van der Waals surface area contributed by atoms with E-state index in [-0.39, 0.29) is 29.9 Å². The fraction of sp³-hybridized carbons (Fsp3) is 0.176. The van der Waals surface area contributed by atoms with Crippen molar-refractivity contribution < 1.29 is 14.0 Å². The van der Waals surface area contributed by atoms with Gasteiger partial charge < -0.3 is 19.6 Å². The number of rotatable bonds is 7. The van der Waals surface area contributed by atoms with E-state index in [9.17, 15) is 9.59 Å². The minimum Gasteiger partial charge on any atom is -0.459 e. The van der Waals surface area contributed by atoms with Crippen LogP contribution in [0.5, 0.6) is 0 Å². The Morgan fingerprint density at radius 2 is 1.96 bits per heavy atom. The number of carbonyl (C=O) groups excluding carboxylic acids is 2. The quantitative estimate of drug-likeness (QED) is 0.617. The summed E-state index contributed by atoms with van der Waals surface area (Å²) in [7, 11) is 1.78. The number of nitrogens with zero attached hydrogens (tertiary/aromatic N) is 3. The van der Waals surface area contributed by atoms with Gasteiger partial charge in [-0.1, -0.05) is 30.0 Å². The van der Waals surface area contributed by atoms with Gasteiger partial charge >= 0.3 is 0 Å². The van der Waals surface area contributed by atoms with Gasteiger partial charge in [-0.15, -0.1) is 10.2 Å². The molecule has 2 heterocycles. The average Bonchev–Trinajstić information content (AvgIpc) is 3.29. The van der Waals surface area contributed by atoms with Crippen LogP contribution in [0.1, 0.15) is 16.4 Å². The van der Waals surface area contributed by atoms with E-state index >= 15 is 0 Å². The molecule has 0 unspecified atom stereocenters. The van der Waals surface area contributed by atoms with Gasteiger partial charge in [0, 0.05) is 12.7 Å². The van der Waals surface area contributed by atoms with E-state index < -0.39 is 0 Å². The van der Waals surface area contributed by atoms with Crippen molar-refractivity contribution in [2.24, 2.45) is 7.05 Å². The largest absolute Gasteiger partial charge is 0.459 e. The molecule has 0 saturated carbocycles. The number of para-hydroxylation sites is 1. The Labute approximate surface area is 154 Å². The maximum Gasteiger partial charge on any atom is 0.287 e. The van der Waals surface area contributed by atoms with E-state index in [0.29, 0.717) is 11.0 Å². The monoisotopic (exact) mass is 371 g/mol. The summed E-state index contributed by atoms with van der Waals surface area (Å²) in [4.78, 5) is 23.9. The normalized spacial score (nSPS) is 10.5. The number of thioether (sulfide) groups is 1. The molecule has 0 bridgehead atoms. The van der Waals surface area contributed by atoms with Gasteiger partial charge in [-0.25, -0.2) is 0 Å². The number of hydrogen-bond donors (Lipinski definition) is 2. The molecule has 0 saturated heterocycles. The first-order chi connectivity index (χ1) is 12.6. The van der Waals surface area contributed by atoms with Gasteiger partial charge in [0.25, 0.3) is 5.91 Å². The van der Waals surface area contributed by atoms with Crippen molar-refractivity contribution in [2.45, 2.75) is 11.7 Å². The number of hydrogen-bond acceptors (Lipinski definition) is 6. The highest BCUT2D eigenvalue weighted by molar-refractivity contribution is 7.99. The molecule has 3 rings (SSSR count). The van der Waals surface area contributed by atoms with E-state index in [4.69, 9.17) is 4.42 Å². The maximum absolute atomic E-state index is 12.0. The van der Waals surface area contributed by atoms with Gasteiger partial charge in [-0.3, -0.25) is 9.59 Å². The molecular weight excluding hydrogens is 354 g/mol. The van der Waals surface area contributed by atoms with E-state index in [2.05, 4.69) is 20.8 Å². The van der Waals surface area contributed by atoms with Crippen LogP contribution in [-0.2, 0) is 18.4 Å².